The van der Waals surface area contributed by atoms with Crippen molar-refractivity contribution >= 4 is 17.6 Å². The Morgan fingerprint density at radius 1 is 1.21 bits per heavy atom. The van der Waals surface area contributed by atoms with Crippen LogP contribution in [0.15, 0.2) is 24.3 Å². The van der Waals surface area contributed by atoms with Gasteiger partial charge in [0.05, 0.1) is 13.2 Å². The standard InChI is InChI=1S/C19H26FN5O3/c1-12-10-24(14-6-4-13(20)5-7-14)18-21-16-15(25(18)11-12)17(26)23(8-9-28-3)19(27)22(16)2/h4-7,12,15-16,18,21H,8-11H2,1-3H3. The molecule has 0 spiro atoms. The van der Waals surface area contributed by atoms with E-state index in [2.05, 4.69) is 22.0 Å². The number of fused-ring (bicyclic) bond motifs is 3. The molecule has 0 saturated carbocycles. The van der Waals surface area contributed by atoms with Crippen LogP contribution in [0.25, 0.3) is 0 Å². The molecule has 9 heteroatoms. The number of imide groups is 1. The van der Waals surface area contributed by atoms with Crippen LogP contribution in [0.1, 0.15) is 6.92 Å². The third-order valence-electron chi connectivity index (χ3n) is 5.76. The van der Waals surface area contributed by atoms with Crippen molar-refractivity contribution in [1.82, 2.24) is 20.0 Å². The van der Waals surface area contributed by atoms with Crippen molar-refractivity contribution in [3.8, 4) is 0 Å². The molecule has 0 aromatic heterocycles. The quantitative estimate of drug-likeness (QED) is 0.815. The van der Waals surface area contributed by atoms with E-state index < -0.39 is 12.2 Å². The van der Waals surface area contributed by atoms with E-state index in [1.54, 1.807) is 31.2 Å². The van der Waals surface area contributed by atoms with Crippen molar-refractivity contribution in [2.24, 2.45) is 5.92 Å². The van der Waals surface area contributed by atoms with E-state index in [1.165, 1.54) is 17.0 Å². The summed E-state index contributed by atoms with van der Waals surface area (Å²) < 4.78 is 18.4. The molecule has 152 valence electrons. The summed E-state index contributed by atoms with van der Waals surface area (Å²) in [4.78, 5) is 33.0. The first-order valence-corrected chi connectivity index (χ1v) is 9.53. The molecule has 8 nitrogen and oxygen atoms in total. The Morgan fingerprint density at radius 3 is 2.61 bits per heavy atom. The number of likely N-dealkylation sites (N-methyl/N-ethyl adjacent to an activating group) is 1. The molecule has 1 aromatic rings. The van der Waals surface area contributed by atoms with Gasteiger partial charge in [-0.1, -0.05) is 6.92 Å². The Balaban J connectivity index is 1.65. The number of methoxy groups -OCH3 is 1. The fourth-order valence-electron chi connectivity index (χ4n) is 4.44. The van der Waals surface area contributed by atoms with Crippen LogP contribution in [-0.2, 0) is 9.53 Å². The van der Waals surface area contributed by atoms with Gasteiger partial charge < -0.3 is 14.5 Å². The van der Waals surface area contributed by atoms with Gasteiger partial charge >= 0.3 is 6.03 Å². The van der Waals surface area contributed by atoms with Crippen LogP contribution in [0.5, 0.6) is 0 Å². The van der Waals surface area contributed by atoms with Gasteiger partial charge in [0.25, 0.3) is 5.91 Å². The van der Waals surface area contributed by atoms with Crippen LogP contribution in [0.4, 0.5) is 14.9 Å². The molecule has 3 amide bonds. The lowest BCUT2D eigenvalue weighted by Crippen LogP contribution is -2.67. The van der Waals surface area contributed by atoms with Crippen LogP contribution in [0, 0.1) is 11.7 Å². The molecular weight excluding hydrogens is 365 g/mol. The van der Waals surface area contributed by atoms with Crippen molar-refractivity contribution in [1.29, 1.82) is 0 Å². The van der Waals surface area contributed by atoms with Gasteiger partial charge in [-0.3, -0.25) is 19.9 Å². The topological polar surface area (TPSA) is 68.4 Å². The van der Waals surface area contributed by atoms with Crippen LogP contribution in [0.2, 0.25) is 0 Å². The first kappa shape index (κ1) is 19.1. The Bertz CT molecular complexity index is 760. The minimum absolute atomic E-state index is 0.201. The summed E-state index contributed by atoms with van der Waals surface area (Å²) in [5.74, 6) is -0.175. The number of anilines is 1. The highest BCUT2D eigenvalue weighted by atomic mass is 19.1. The predicted molar refractivity (Wildman–Crippen MR) is 101 cm³/mol. The number of rotatable bonds is 4. The number of halogens is 1. The largest absolute Gasteiger partial charge is 0.383 e. The molecule has 4 unspecified atom stereocenters. The molecule has 3 saturated heterocycles. The van der Waals surface area contributed by atoms with Crippen LogP contribution in [0.3, 0.4) is 0 Å². The van der Waals surface area contributed by atoms with E-state index in [9.17, 15) is 14.0 Å². The normalized spacial score (nSPS) is 30.6. The van der Waals surface area contributed by atoms with E-state index in [1.807, 2.05) is 0 Å². The molecule has 0 radical (unpaired) electrons. The number of hydrogen-bond donors (Lipinski definition) is 1. The Hall–Kier alpha value is -2.23. The highest BCUT2D eigenvalue weighted by molar-refractivity contribution is 6.00. The van der Waals surface area contributed by atoms with E-state index in [0.717, 1.165) is 18.8 Å². The van der Waals surface area contributed by atoms with Gasteiger partial charge in [0.2, 0.25) is 0 Å². The number of benzene rings is 1. The molecule has 3 heterocycles. The SMILES string of the molecule is COCCN1C(=O)C2C(NC3N(c4ccc(F)cc4)CC(C)CN23)N(C)C1=O. The van der Waals surface area contributed by atoms with Gasteiger partial charge in [-0.2, -0.15) is 0 Å². The maximum atomic E-state index is 13.4. The van der Waals surface area contributed by atoms with Gasteiger partial charge in [-0.25, -0.2) is 9.18 Å². The van der Waals surface area contributed by atoms with E-state index >= 15 is 0 Å². The molecule has 28 heavy (non-hydrogen) atoms. The molecule has 3 fully saturated rings. The second-order valence-corrected chi connectivity index (χ2v) is 7.74. The van der Waals surface area contributed by atoms with Crippen molar-refractivity contribution in [2.45, 2.75) is 25.4 Å². The first-order valence-electron chi connectivity index (χ1n) is 9.53. The van der Waals surface area contributed by atoms with Gasteiger partial charge in [0.1, 0.15) is 24.3 Å². The fourth-order valence-corrected chi connectivity index (χ4v) is 4.44. The van der Waals surface area contributed by atoms with Gasteiger partial charge in [0.15, 0.2) is 0 Å². The molecule has 3 aliphatic heterocycles. The number of carbonyl (C=O) groups is 2. The van der Waals surface area contributed by atoms with Crippen molar-refractivity contribution in [3.05, 3.63) is 30.1 Å². The lowest BCUT2D eigenvalue weighted by molar-refractivity contribution is -0.139. The summed E-state index contributed by atoms with van der Waals surface area (Å²) in [6, 6.07) is 5.59. The number of ether oxygens (including phenoxy) is 1. The van der Waals surface area contributed by atoms with Gasteiger partial charge in [0, 0.05) is 32.9 Å². The number of nitrogens with zero attached hydrogens (tertiary/aromatic N) is 4. The highest BCUT2D eigenvalue weighted by Crippen LogP contribution is 2.34. The smallest absolute Gasteiger partial charge is 0.327 e. The van der Waals surface area contributed by atoms with Crippen molar-refractivity contribution < 1.29 is 18.7 Å². The molecule has 4 rings (SSSR count). The zero-order valence-corrected chi connectivity index (χ0v) is 16.3. The molecule has 0 aliphatic carbocycles. The third kappa shape index (κ3) is 3.03. The van der Waals surface area contributed by atoms with Crippen LogP contribution in [-0.4, -0.2) is 85.5 Å². The zero-order chi connectivity index (χ0) is 20.0. The number of nitrogens with one attached hydrogen (secondary N) is 1. The van der Waals surface area contributed by atoms with E-state index in [4.69, 9.17) is 4.74 Å². The lowest BCUT2D eigenvalue weighted by atomic mass is 10.0. The number of carbonyl (C=O) groups excluding carboxylic acids is 2. The molecule has 1 N–H and O–H groups in total. The number of urea groups is 1. The second-order valence-electron chi connectivity index (χ2n) is 7.74. The van der Waals surface area contributed by atoms with E-state index in [0.29, 0.717) is 12.5 Å². The van der Waals surface area contributed by atoms with Crippen molar-refractivity contribution in [2.75, 3.05) is 45.3 Å². The fraction of sp³-hybridized carbons (Fsp3) is 0.579. The maximum Gasteiger partial charge on any atom is 0.327 e. The molecule has 0 bridgehead atoms. The summed E-state index contributed by atoms with van der Waals surface area (Å²) in [5.41, 5.74) is 0.881. The molecule has 4 atom stereocenters. The van der Waals surface area contributed by atoms with Crippen LogP contribution < -0.4 is 10.2 Å². The van der Waals surface area contributed by atoms with E-state index in [-0.39, 0.29) is 30.6 Å². The average molecular weight is 391 g/mol. The summed E-state index contributed by atoms with van der Waals surface area (Å²) in [6.07, 6.45) is -0.643. The Morgan fingerprint density at radius 2 is 1.93 bits per heavy atom. The monoisotopic (exact) mass is 391 g/mol. The minimum atomic E-state index is -0.463. The van der Waals surface area contributed by atoms with Gasteiger partial charge in [-0.05, 0) is 30.2 Å². The zero-order valence-electron chi connectivity index (χ0n) is 16.3. The summed E-state index contributed by atoms with van der Waals surface area (Å²) in [5, 5.41) is 3.45. The summed E-state index contributed by atoms with van der Waals surface area (Å²) in [7, 11) is 3.26. The predicted octanol–water partition coefficient (Wildman–Crippen LogP) is 0.706. The Kier molecular flexibility index (Phi) is 4.98. The first-order chi connectivity index (χ1) is 13.4. The third-order valence-corrected chi connectivity index (χ3v) is 5.76. The minimum Gasteiger partial charge on any atom is -0.383 e. The molecular formula is C19H26FN5O3. The van der Waals surface area contributed by atoms with Crippen LogP contribution >= 0.6 is 0 Å². The molecule has 3 aliphatic rings. The second kappa shape index (κ2) is 7.31. The Labute approximate surface area is 163 Å². The maximum absolute atomic E-state index is 13.4. The van der Waals surface area contributed by atoms with Gasteiger partial charge in [-0.15, -0.1) is 0 Å². The number of amides is 3. The highest BCUT2D eigenvalue weighted by Gasteiger charge is 2.56. The average Bonchev–Trinajstić information content (AvgIpc) is 3.06. The summed E-state index contributed by atoms with van der Waals surface area (Å²) >= 11 is 0. The summed E-state index contributed by atoms with van der Waals surface area (Å²) in [6.45, 7) is 4.18. The lowest BCUT2D eigenvalue weighted by Gasteiger charge is -2.46. The molecule has 1 aromatic carbocycles. The van der Waals surface area contributed by atoms with Crippen molar-refractivity contribution in [3.63, 3.8) is 0 Å². The number of hydrogen-bond acceptors (Lipinski definition) is 6.